The van der Waals surface area contributed by atoms with Crippen LogP contribution in [0.1, 0.15) is 13.8 Å². The van der Waals surface area contributed by atoms with Gasteiger partial charge in [0.1, 0.15) is 17.2 Å². The lowest BCUT2D eigenvalue weighted by Crippen LogP contribution is -2.20. The maximum Gasteiger partial charge on any atom is 0.138 e. The molecular formula is C32H33FN8. The predicted molar refractivity (Wildman–Crippen MR) is 166 cm³/mol. The van der Waals surface area contributed by atoms with E-state index in [4.69, 9.17) is 0 Å². The summed E-state index contributed by atoms with van der Waals surface area (Å²) in [6.07, 6.45) is 5.45. The van der Waals surface area contributed by atoms with Crippen LogP contribution in [0.3, 0.4) is 0 Å². The molecule has 9 heteroatoms. The van der Waals surface area contributed by atoms with Crippen molar-refractivity contribution in [2.45, 2.75) is 19.9 Å². The minimum Gasteiger partial charge on any atom is -0.384 e. The highest BCUT2D eigenvalue weighted by atomic mass is 19.1. The molecule has 0 spiro atoms. The fourth-order valence-electron chi connectivity index (χ4n) is 5.09. The van der Waals surface area contributed by atoms with Gasteiger partial charge < -0.3 is 20.5 Å². The van der Waals surface area contributed by atoms with Crippen molar-refractivity contribution in [3.05, 3.63) is 79.0 Å². The number of nitrogens with zero attached hydrogens (tertiary/aromatic N) is 4. The number of fused-ring (bicyclic) bond motifs is 2. The molecule has 41 heavy (non-hydrogen) atoms. The molecule has 0 radical (unpaired) electrons. The maximum absolute atomic E-state index is 14.7. The lowest BCUT2D eigenvalue weighted by Gasteiger charge is -2.13. The number of pyridine rings is 2. The first-order chi connectivity index (χ1) is 19.8. The van der Waals surface area contributed by atoms with Crippen LogP contribution in [0.2, 0.25) is 0 Å². The molecule has 6 rings (SSSR count). The molecule has 0 bridgehead atoms. The van der Waals surface area contributed by atoms with E-state index in [1.54, 1.807) is 12.3 Å². The zero-order valence-corrected chi connectivity index (χ0v) is 23.6. The molecule has 0 saturated heterocycles. The number of nitrogens with one attached hydrogen (secondary N) is 4. The van der Waals surface area contributed by atoms with Crippen molar-refractivity contribution >= 4 is 33.3 Å². The summed E-state index contributed by atoms with van der Waals surface area (Å²) >= 11 is 0. The molecule has 4 aromatic heterocycles. The zero-order valence-electron chi connectivity index (χ0n) is 23.6. The normalized spacial score (nSPS) is 11.7. The molecule has 0 amide bonds. The quantitative estimate of drug-likeness (QED) is 0.159. The number of aromatic amines is 2. The average molecular weight is 549 g/mol. The lowest BCUT2D eigenvalue weighted by atomic mass is 10.0. The van der Waals surface area contributed by atoms with Crippen LogP contribution in [-0.4, -0.2) is 63.3 Å². The van der Waals surface area contributed by atoms with Crippen LogP contribution >= 0.6 is 0 Å². The molecule has 8 nitrogen and oxygen atoms in total. The predicted octanol–water partition coefficient (Wildman–Crippen LogP) is 6.77. The minimum absolute atomic E-state index is 0.288. The molecule has 6 aromatic rings. The average Bonchev–Trinajstić information content (AvgIpc) is 3.56. The summed E-state index contributed by atoms with van der Waals surface area (Å²) in [5.74, 6) is -0.288. The maximum atomic E-state index is 14.7. The Morgan fingerprint density at radius 2 is 1.76 bits per heavy atom. The number of anilines is 2. The van der Waals surface area contributed by atoms with Crippen molar-refractivity contribution < 1.29 is 4.39 Å². The molecule has 4 heterocycles. The number of hydrogen-bond acceptors (Lipinski definition) is 6. The number of rotatable bonds is 9. The van der Waals surface area contributed by atoms with Gasteiger partial charge in [0.25, 0.3) is 0 Å². The topological polar surface area (TPSA) is 97.5 Å². The zero-order chi connectivity index (χ0) is 28.5. The SMILES string of the molecule is CC(C)Nc1cncc(-c2ccc3[nH]nc(-c4cc5c(-c6cc(F)cc(NCCN(C)C)c6)ccnc5[nH]4)c3c2)c1. The van der Waals surface area contributed by atoms with E-state index in [0.29, 0.717) is 11.7 Å². The van der Waals surface area contributed by atoms with E-state index >= 15 is 0 Å². The van der Waals surface area contributed by atoms with E-state index in [9.17, 15) is 4.39 Å². The van der Waals surface area contributed by atoms with E-state index in [-0.39, 0.29) is 5.82 Å². The summed E-state index contributed by atoms with van der Waals surface area (Å²) in [6.45, 7) is 5.78. The molecule has 0 fully saturated rings. The van der Waals surface area contributed by atoms with Crippen molar-refractivity contribution in [1.29, 1.82) is 0 Å². The van der Waals surface area contributed by atoms with Crippen molar-refractivity contribution in [3.8, 4) is 33.6 Å². The van der Waals surface area contributed by atoms with Crippen LogP contribution in [0, 0.1) is 5.82 Å². The second-order valence-electron chi connectivity index (χ2n) is 10.9. The molecule has 0 unspecified atom stereocenters. The van der Waals surface area contributed by atoms with E-state index < -0.39 is 0 Å². The van der Waals surface area contributed by atoms with E-state index in [0.717, 1.165) is 74.4 Å². The third-order valence-corrected chi connectivity index (χ3v) is 6.97. The summed E-state index contributed by atoms with van der Waals surface area (Å²) < 4.78 is 14.7. The molecule has 0 aliphatic rings. The fraction of sp³-hybridized carbons (Fsp3) is 0.219. The van der Waals surface area contributed by atoms with Crippen molar-refractivity contribution in [3.63, 3.8) is 0 Å². The Bertz CT molecular complexity index is 1840. The Labute approximate surface area is 238 Å². The van der Waals surface area contributed by atoms with Gasteiger partial charge >= 0.3 is 0 Å². The first-order valence-electron chi connectivity index (χ1n) is 13.7. The summed E-state index contributed by atoms with van der Waals surface area (Å²) in [4.78, 5) is 14.5. The summed E-state index contributed by atoms with van der Waals surface area (Å²) in [6, 6.07) is 17.7. The molecule has 0 aliphatic carbocycles. The van der Waals surface area contributed by atoms with Gasteiger partial charge in [-0.2, -0.15) is 5.10 Å². The fourth-order valence-corrected chi connectivity index (χ4v) is 5.09. The van der Waals surface area contributed by atoms with Crippen molar-refractivity contribution in [1.82, 2.24) is 30.0 Å². The summed E-state index contributed by atoms with van der Waals surface area (Å²) in [7, 11) is 4.03. The highest BCUT2D eigenvalue weighted by Crippen LogP contribution is 2.35. The number of likely N-dealkylation sites (N-methyl/N-ethyl adjacent to an activating group) is 1. The molecule has 0 aliphatic heterocycles. The number of H-pyrrole nitrogens is 2. The van der Waals surface area contributed by atoms with Crippen LogP contribution < -0.4 is 10.6 Å². The lowest BCUT2D eigenvalue weighted by molar-refractivity contribution is 0.425. The van der Waals surface area contributed by atoms with Crippen molar-refractivity contribution in [2.75, 3.05) is 37.8 Å². The molecular weight excluding hydrogens is 515 g/mol. The Morgan fingerprint density at radius 1 is 0.902 bits per heavy atom. The van der Waals surface area contributed by atoms with Crippen LogP contribution in [0.25, 0.3) is 55.6 Å². The summed E-state index contributed by atoms with van der Waals surface area (Å²) in [5, 5.41) is 16.4. The van der Waals surface area contributed by atoms with Crippen LogP contribution in [0.4, 0.5) is 15.8 Å². The van der Waals surface area contributed by atoms with Gasteiger partial charge in [-0.3, -0.25) is 10.1 Å². The summed E-state index contributed by atoms with van der Waals surface area (Å²) in [5.41, 5.74) is 8.74. The van der Waals surface area contributed by atoms with Crippen LogP contribution in [-0.2, 0) is 0 Å². The van der Waals surface area contributed by atoms with Crippen LogP contribution in [0.5, 0.6) is 0 Å². The third kappa shape index (κ3) is 5.62. The van der Waals surface area contributed by atoms with Gasteiger partial charge in [0.2, 0.25) is 0 Å². The Balaban J connectivity index is 1.37. The molecule has 0 atom stereocenters. The minimum atomic E-state index is -0.288. The highest BCUT2D eigenvalue weighted by molar-refractivity contribution is 6.01. The molecule has 208 valence electrons. The second-order valence-corrected chi connectivity index (χ2v) is 10.9. The third-order valence-electron chi connectivity index (χ3n) is 6.97. The molecule has 2 aromatic carbocycles. The van der Waals surface area contributed by atoms with E-state index in [2.05, 4.69) is 72.7 Å². The Hall–Kier alpha value is -4.76. The Kier molecular flexibility index (Phi) is 7.11. The highest BCUT2D eigenvalue weighted by Gasteiger charge is 2.16. The first kappa shape index (κ1) is 26.5. The number of aromatic nitrogens is 5. The number of hydrogen-bond donors (Lipinski definition) is 4. The van der Waals surface area contributed by atoms with Gasteiger partial charge in [-0.25, -0.2) is 9.37 Å². The first-order valence-corrected chi connectivity index (χ1v) is 13.7. The standard InChI is InChI=1S/C32H33FN8/c1-19(2)37-25-13-22(17-34-18-25)20-5-6-29-28(14-20)31(40-39-29)30-16-27-26(7-8-36-32(27)38-30)21-11-23(33)15-24(12-21)35-9-10-41(3)4/h5-8,11-19,35,37H,9-10H2,1-4H3,(H,36,38)(H,39,40). The van der Waals surface area contributed by atoms with Gasteiger partial charge in [-0.05, 0) is 93.2 Å². The van der Waals surface area contributed by atoms with E-state index in [1.165, 1.54) is 6.07 Å². The number of halogens is 1. The van der Waals surface area contributed by atoms with Crippen LogP contribution in [0.15, 0.2) is 73.2 Å². The monoisotopic (exact) mass is 548 g/mol. The van der Waals surface area contributed by atoms with E-state index in [1.807, 2.05) is 50.8 Å². The molecule has 4 N–H and O–H groups in total. The smallest absolute Gasteiger partial charge is 0.138 e. The second kappa shape index (κ2) is 11.0. The molecule has 0 saturated carbocycles. The largest absolute Gasteiger partial charge is 0.384 e. The number of benzene rings is 2. The van der Waals surface area contributed by atoms with Crippen molar-refractivity contribution in [2.24, 2.45) is 0 Å². The van der Waals surface area contributed by atoms with Gasteiger partial charge in [0, 0.05) is 59.7 Å². The van der Waals surface area contributed by atoms with Gasteiger partial charge in [-0.15, -0.1) is 0 Å². The van der Waals surface area contributed by atoms with Gasteiger partial charge in [0.15, 0.2) is 0 Å². The Morgan fingerprint density at radius 3 is 2.59 bits per heavy atom. The van der Waals surface area contributed by atoms with Gasteiger partial charge in [0.05, 0.1) is 16.9 Å². The van der Waals surface area contributed by atoms with Gasteiger partial charge in [-0.1, -0.05) is 6.07 Å².